The van der Waals surface area contributed by atoms with E-state index in [1.165, 1.54) is 24.0 Å². The van der Waals surface area contributed by atoms with Crippen LogP contribution >= 0.6 is 0 Å². The molecule has 0 radical (unpaired) electrons. The molecule has 3 aromatic rings. The minimum absolute atomic E-state index is 0.229. The van der Waals surface area contributed by atoms with E-state index >= 15 is 0 Å². The fraction of sp³-hybridized carbons (Fsp3) is 0.200. The smallest absolute Gasteiger partial charge is 0.264 e. The highest BCUT2D eigenvalue weighted by Crippen LogP contribution is 2.49. The Hall–Kier alpha value is -4.40. The zero-order valence-corrected chi connectivity index (χ0v) is 18.6. The predicted molar refractivity (Wildman–Crippen MR) is 123 cm³/mol. The van der Waals surface area contributed by atoms with Gasteiger partial charge < -0.3 is 19.7 Å². The van der Waals surface area contributed by atoms with E-state index < -0.39 is 6.17 Å². The highest BCUT2D eigenvalue weighted by Gasteiger charge is 2.50. The van der Waals surface area contributed by atoms with Gasteiger partial charge in [-0.25, -0.2) is 0 Å². The average molecular weight is 458 g/mol. The second-order valence-corrected chi connectivity index (χ2v) is 7.86. The minimum atomic E-state index is -0.787. The molecule has 1 N–H and O–H groups in total. The van der Waals surface area contributed by atoms with Gasteiger partial charge in [-0.2, -0.15) is 0 Å². The molecule has 0 aliphatic carbocycles. The Bertz CT molecular complexity index is 1290. The van der Waals surface area contributed by atoms with Crippen molar-refractivity contribution in [3.8, 4) is 11.5 Å². The van der Waals surface area contributed by atoms with E-state index in [1.807, 2.05) is 6.07 Å². The average Bonchev–Trinajstić information content (AvgIpc) is 3.17. The number of amides is 3. The lowest BCUT2D eigenvalue weighted by molar-refractivity contribution is -0.122. The van der Waals surface area contributed by atoms with E-state index in [0.717, 1.165) is 0 Å². The Morgan fingerprint density at radius 1 is 1.00 bits per heavy atom. The van der Waals surface area contributed by atoms with Gasteiger partial charge in [0, 0.05) is 11.8 Å². The standard InChI is InChI=1S/C25H22N4O5/c1-33-19-11-10-17-21(22(19)34-2)25(32)29-18-9-4-3-8-16(18)24(31)28(23(17)29)14-20(30)27-13-15-7-5-6-12-26-15/h3-12,23H,13-14H2,1-2H3,(H,27,30)/t23-/m0/s1. The molecule has 9 nitrogen and oxygen atoms in total. The van der Waals surface area contributed by atoms with Crippen molar-refractivity contribution in [3.05, 3.63) is 83.2 Å². The lowest BCUT2D eigenvalue weighted by Gasteiger charge is -2.40. The molecular formula is C25H22N4O5. The van der Waals surface area contributed by atoms with Crippen LogP contribution < -0.4 is 19.7 Å². The first-order valence-corrected chi connectivity index (χ1v) is 10.7. The van der Waals surface area contributed by atoms with Crippen LogP contribution in [0.3, 0.4) is 0 Å². The van der Waals surface area contributed by atoms with Gasteiger partial charge in [-0.1, -0.05) is 24.3 Å². The summed E-state index contributed by atoms with van der Waals surface area (Å²) >= 11 is 0. The summed E-state index contributed by atoms with van der Waals surface area (Å²) in [5.41, 5.74) is 2.43. The van der Waals surface area contributed by atoms with Gasteiger partial charge in [-0.15, -0.1) is 0 Å². The summed E-state index contributed by atoms with van der Waals surface area (Å²) in [5.74, 6) is -0.313. The Kier molecular flexibility index (Phi) is 5.37. The van der Waals surface area contributed by atoms with Crippen molar-refractivity contribution < 1.29 is 23.9 Å². The van der Waals surface area contributed by atoms with Crippen LogP contribution in [0.4, 0.5) is 5.69 Å². The molecule has 9 heteroatoms. The summed E-state index contributed by atoms with van der Waals surface area (Å²) in [5, 5.41) is 2.80. The summed E-state index contributed by atoms with van der Waals surface area (Å²) in [6, 6.07) is 15.7. The number of nitrogens with zero attached hydrogens (tertiary/aromatic N) is 3. The molecule has 0 unspecified atom stereocenters. The maximum Gasteiger partial charge on any atom is 0.264 e. The van der Waals surface area contributed by atoms with Crippen LogP contribution in [0.25, 0.3) is 0 Å². The summed E-state index contributed by atoms with van der Waals surface area (Å²) in [6.45, 7) is -0.00452. The molecule has 0 fully saturated rings. The molecule has 0 bridgehead atoms. The number of fused-ring (bicyclic) bond motifs is 5. The molecule has 2 aliphatic heterocycles. The van der Waals surface area contributed by atoms with Crippen LogP contribution in [0.15, 0.2) is 60.8 Å². The predicted octanol–water partition coefficient (Wildman–Crippen LogP) is 2.53. The minimum Gasteiger partial charge on any atom is -0.493 e. The van der Waals surface area contributed by atoms with Gasteiger partial charge in [0.1, 0.15) is 12.7 Å². The molecule has 5 rings (SSSR count). The van der Waals surface area contributed by atoms with Crippen molar-refractivity contribution in [2.45, 2.75) is 12.7 Å². The van der Waals surface area contributed by atoms with Crippen molar-refractivity contribution in [2.75, 3.05) is 25.7 Å². The third-order valence-corrected chi connectivity index (χ3v) is 5.99. The molecule has 2 aromatic carbocycles. The lowest BCUT2D eigenvalue weighted by Crippen LogP contribution is -2.51. The number of carbonyl (C=O) groups is 3. The second-order valence-electron chi connectivity index (χ2n) is 7.86. The van der Waals surface area contributed by atoms with Gasteiger partial charge in [0.2, 0.25) is 5.91 Å². The van der Waals surface area contributed by atoms with Crippen molar-refractivity contribution in [1.82, 2.24) is 15.2 Å². The third kappa shape index (κ3) is 3.33. The first-order valence-electron chi connectivity index (χ1n) is 10.7. The van der Waals surface area contributed by atoms with E-state index in [9.17, 15) is 14.4 Å². The van der Waals surface area contributed by atoms with Crippen LogP contribution in [0.1, 0.15) is 38.1 Å². The maximum absolute atomic E-state index is 13.6. The zero-order chi connectivity index (χ0) is 23.8. The normalized spacial score (nSPS) is 16.0. The molecule has 3 amide bonds. The second kappa shape index (κ2) is 8.51. The van der Waals surface area contributed by atoms with Gasteiger partial charge in [0.05, 0.1) is 43.3 Å². The molecule has 1 aromatic heterocycles. The van der Waals surface area contributed by atoms with Gasteiger partial charge in [0.25, 0.3) is 11.8 Å². The largest absolute Gasteiger partial charge is 0.493 e. The van der Waals surface area contributed by atoms with Crippen LogP contribution in [-0.4, -0.2) is 48.4 Å². The van der Waals surface area contributed by atoms with E-state index in [1.54, 1.807) is 54.7 Å². The van der Waals surface area contributed by atoms with Crippen molar-refractivity contribution in [1.29, 1.82) is 0 Å². The SMILES string of the molecule is COc1ccc2c(c1OC)C(=O)N1c3ccccc3C(=O)N(CC(=O)NCc3ccccn3)[C@H]21. The number of rotatable bonds is 6. The summed E-state index contributed by atoms with van der Waals surface area (Å²) in [7, 11) is 2.96. The molecule has 0 saturated carbocycles. The Morgan fingerprint density at radius 3 is 2.53 bits per heavy atom. The number of aromatic nitrogens is 1. The van der Waals surface area contributed by atoms with Crippen LogP contribution in [0.2, 0.25) is 0 Å². The van der Waals surface area contributed by atoms with Crippen LogP contribution in [0, 0.1) is 0 Å². The molecule has 3 heterocycles. The molecule has 2 aliphatic rings. The molecule has 34 heavy (non-hydrogen) atoms. The highest BCUT2D eigenvalue weighted by molar-refractivity contribution is 6.18. The van der Waals surface area contributed by atoms with Gasteiger partial charge in [-0.05, 0) is 30.3 Å². The third-order valence-electron chi connectivity index (χ3n) is 5.99. The van der Waals surface area contributed by atoms with Crippen molar-refractivity contribution >= 4 is 23.4 Å². The Labute approximate surface area is 195 Å². The number of methoxy groups -OCH3 is 2. The quantitative estimate of drug-likeness (QED) is 0.609. The number of hydrogen-bond donors (Lipinski definition) is 1. The number of nitrogens with one attached hydrogen (secondary N) is 1. The maximum atomic E-state index is 13.6. The number of pyridine rings is 1. The molecule has 0 spiro atoms. The monoisotopic (exact) mass is 458 g/mol. The zero-order valence-electron chi connectivity index (χ0n) is 18.6. The van der Waals surface area contributed by atoms with E-state index in [4.69, 9.17) is 9.47 Å². The van der Waals surface area contributed by atoms with Crippen molar-refractivity contribution in [2.24, 2.45) is 0 Å². The number of carbonyl (C=O) groups excluding carboxylic acids is 3. The molecule has 172 valence electrons. The summed E-state index contributed by atoms with van der Waals surface area (Å²) in [6.07, 6.45) is 0.859. The number of para-hydroxylation sites is 1. The van der Waals surface area contributed by atoms with Gasteiger partial charge >= 0.3 is 0 Å². The topological polar surface area (TPSA) is 101 Å². The van der Waals surface area contributed by atoms with Gasteiger partial charge in [-0.3, -0.25) is 24.3 Å². The first kappa shape index (κ1) is 21.4. The van der Waals surface area contributed by atoms with E-state index in [0.29, 0.717) is 39.6 Å². The van der Waals surface area contributed by atoms with E-state index in [-0.39, 0.29) is 30.8 Å². The fourth-order valence-corrected chi connectivity index (χ4v) is 4.49. The van der Waals surface area contributed by atoms with Gasteiger partial charge in [0.15, 0.2) is 11.5 Å². The fourth-order valence-electron chi connectivity index (χ4n) is 4.49. The highest BCUT2D eigenvalue weighted by atomic mass is 16.5. The molecule has 1 atom stereocenters. The van der Waals surface area contributed by atoms with Crippen LogP contribution in [-0.2, 0) is 11.3 Å². The van der Waals surface area contributed by atoms with Crippen LogP contribution in [0.5, 0.6) is 11.5 Å². The van der Waals surface area contributed by atoms with E-state index in [2.05, 4.69) is 10.3 Å². The number of ether oxygens (including phenoxy) is 2. The number of benzene rings is 2. The molecule has 0 saturated heterocycles. The Morgan fingerprint density at radius 2 is 1.79 bits per heavy atom. The lowest BCUT2D eigenvalue weighted by atomic mass is 10.0. The van der Waals surface area contributed by atoms with Crippen molar-refractivity contribution in [3.63, 3.8) is 0 Å². The molecular weight excluding hydrogens is 436 g/mol. The number of hydrogen-bond acceptors (Lipinski definition) is 6. The first-order chi connectivity index (χ1) is 16.5. The summed E-state index contributed by atoms with van der Waals surface area (Å²) in [4.78, 5) is 47.1. The number of anilines is 1. The summed E-state index contributed by atoms with van der Waals surface area (Å²) < 4.78 is 10.9. The Balaban J connectivity index is 1.54.